The third-order valence-electron chi connectivity index (χ3n) is 2.80. The van der Waals surface area contributed by atoms with Crippen molar-refractivity contribution in [3.05, 3.63) is 59.7 Å². The van der Waals surface area contributed by atoms with Gasteiger partial charge in [0.15, 0.2) is 0 Å². The van der Waals surface area contributed by atoms with E-state index in [0.29, 0.717) is 11.5 Å². The molecule has 0 aliphatic heterocycles. The molecule has 118 valence electrons. The van der Waals surface area contributed by atoms with Crippen LogP contribution >= 0.6 is 19.4 Å². The first kappa shape index (κ1) is 16.9. The molecule has 6 heteroatoms. The second-order valence-electron chi connectivity index (χ2n) is 4.78. The molecular formula is C16H18ClO4P. The summed E-state index contributed by atoms with van der Waals surface area (Å²) in [5.41, 5.74) is 2.15. The van der Waals surface area contributed by atoms with Crippen LogP contribution in [0.1, 0.15) is 11.1 Å². The van der Waals surface area contributed by atoms with Crippen molar-refractivity contribution in [3.8, 4) is 11.5 Å². The highest BCUT2D eigenvalue weighted by molar-refractivity contribution is 7.49. The van der Waals surface area contributed by atoms with Gasteiger partial charge >= 0.3 is 7.82 Å². The molecule has 0 fully saturated rings. The van der Waals surface area contributed by atoms with E-state index in [2.05, 4.69) is 0 Å². The van der Waals surface area contributed by atoms with Crippen LogP contribution in [-0.4, -0.2) is 12.5 Å². The van der Waals surface area contributed by atoms with Gasteiger partial charge in [-0.3, -0.25) is 4.52 Å². The first-order valence-electron chi connectivity index (χ1n) is 6.84. The lowest BCUT2D eigenvalue weighted by Crippen LogP contribution is -2.06. The molecule has 2 aromatic rings. The second kappa shape index (κ2) is 7.68. The Kier molecular flexibility index (Phi) is 5.90. The van der Waals surface area contributed by atoms with Gasteiger partial charge < -0.3 is 9.05 Å². The van der Waals surface area contributed by atoms with Gasteiger partial charge in [-0.05, 0) is 38.1 Å². The zero-order valence-corrected chi connectivity index (χ0v) is 14.1. The predicted octanol–water partition coefficient (Wildman–Crippen LogP) is 5.12. The van der Waals surface area contributed by atoms with Crippen LogP contribution in [0, 0.1) is 13.8 Å². The van der Waals surface area contributed by atoms with Crippen molar-refractivity contribution in [1.82, 2.24) is 0 Å². The van der Waals surface area contributed by atoms with E-state index in [-0.39, 0.29) is 12.5 Å². The van der Waals surface area contributed by atoms with Crippen LogP contribution in [0.15, 0.2) is 48.5 Å². The molecule has 0 amide bonds. The van der Waals surface area contributed by atoms with Gasteiger partial charge in [0.1, 0.15) is 11.5 Å². The summed E-state index contributed by atoms with van der Waals surface area (Å²) in [7, 11) is -3.79. The van der Waals surface area contributed by atoms with E-state index in [4.69, 9.17) is 25.2 Å². The van der Waals surface area contributed by atoms with Crippen molar-refractivity contribution in [1.29, 1.82) is 0 Å². The number of hydrogen-bond acceptors (Lipinski definition) is 4. The highest BCUT2D eigenvalue weighted by atomic mass is 35.5. The monoisotopic (exact) mass is 340 g/mol. The molecule has 0 aromatic heterocycles. The maximum Gasteiger partial charge on any atom is 0.587 e. The Labute approximate surface area is 135 Å². The molecule has 0 aliphatic rings. The molecule has 2 aromatic carbocycles. The average Bonchev–Trinajstić information content (AvgIpc) is 2.50. The summed E-state index contributed by atoms with van der Waals surface area (Å²) < 4.78 is 28.9. The van der Waals surface area contributed by atoms with Crippen molar-refractivity contribution in [3.63, 3.8) is 0 Å². The van der Waals surface area contributed by atoms with Crippen LogP contribution in [0.3, 0.4) is 0 Å². The van der Waals surface area contributed by atoms with Gasteiger partial charge in [0.25, 0.3) is 0 Å². The molecule has 0 unspecified atom stereocenters. The molecule has 0 atom stereocenters. The lowest BCUT2D eigenvalue weighted by molar-refractivity contribution is 0.220. The van der Waals surface area contributed by atoms with Crippen LogP contribution in [0.25, 0.3) is 0 Å². The predicted molar refractivity (Wildman–Crippen MR) is 87.9 cm³/mol. The molecule has 0 saturated heterocycles. The smallest absolute Gasteiger partial charge is 0.395 e. The van der Waals surface area contributed by atoms with Gasteiger partial charge in [-0.25, -0.2) is 4.57 Å². The largest absolute Gasteiger partial charge is 0.587 e. The summed E-state index contributed by atoms with van der Waals surface area (Å²) in [5, 5.41) is 0. The van der Waals surface area contributed by atoms with E-state index in [9.17, 15) is 4.57 Å². The van der Waals surface area contributed by atoms with Gasteiger partial charge in [-0.2, -0.15) is 0 Å². The number of alkyl halides is 1. The Morgan fingerprint density at radius 3 is 1.64 bits per heavy atom. The van der Waals surface area contributed by atoms with E-state index in [1.807, 2.05) is 38.1 Å². The number of hydrogen-bond donors (Lipinski definition) is 0. The fraction of sp³-hybridized carbons (Fsp3) is 0.250. The number of rotatable bonds is 7. The molecule has 0 bridgehead atoms. The molecule has 2 rings (SSSR count). The van der Waals surface area contributed by atoms with E-state index in [1.54, 1.807) is 24.3 Å². The molecule has 0 radical (unpaired) electrons. The molecular weight excluding hydrogens is 323 g/mol. The number of benzene rings is 2. The maximum atomic E-state index is 12.8. The van der Waals surface area contributed by atoms with Crippen molar-refractivity contribution in [2.45, 2.75) is 13.8 Å². The average molecular weight is 341 g/mol. The van der Waals surface area contributed by atoms with Crippen molar-refractivity contribution >= 4 is 19.4 Å². The minimum absolute atomic E-state index is 0.0660. The van der Waals surface area contributed by atoms with Crippen molar-refractivity contribution in [2.75, 3.05) is 12.5 Å². The number of aryl methyl sites for hydroxylation is 2. The SMILES string of the molecule is Cc1ccc(OP(=O)(OCCCl)Oc2ccc(C)cc2)cc1. The van der Waals surface area contributed by atoms with Crippen molar-refractivity contribution in [2.24, 2.45) is 0 Å². The van der Waals surface area contributed by atoms with Gasteiger partial charge in [-0.15, -0.1) is 11.6 Å². The molecule has 0 aliphatic carbocycles. The van der Waals surface area contributed by atoms with Gasteiger partial charge in [0, 0.05) is 5.88 Å². The van der Waals surface area contributed by atoms with E-state index < -0.39 is 7.82 Å². The minimum Gasteiger partial charge on any atom is -0.395 e. The summed E-state index contributed by atoms with van der Waals surface area (Å²) >= 11 is 5.60. The molecule has 22 heavy (non-hydrogen) atoms. The number of halogens is 1. The Morgan fingerprint density at radius 1 is 0.864 bits per heavy atom. The third kappa shape index (κ3) is 5.06. The van der Waals surface area contributed by atoms with Gasteiger partial charge in [-0.1, -0.05) is 35.4 Å². The summed E-state index contributed by atoms with van der Waals surface area (Å²) in [6.45, 7) is 3.98. The molecule has 4 nitrogen and oxygen atoms in total. The first-order chi connectivity index (χ1) is 10.5. The minimum atomic E-state index is -3.79. The fourth-order valence-corrected chi connectivity index (χ4v) is 3.08. The molecule has 0 heterocycles. The summed E-state index contributed by atoms with van der Waals surface area (Å²) in [6, 6.07) is 14.3. The Balaban J connectivity index is 2.17. The molecule has 0 N–H and O–H groups in total. The van der Waals surface area contributed by atoms with E-state index >= 15 is 0 Å². The number of phosphoric ester groups is 1. The van der Waals surface area contributed by atoms with Crippen LogP contribution in [0.2, 0.25) is 0 Å². The van der Waals surface area contributed by atoms with Crippen LogP contribution < -0.4 is 9.05 Å². The molecule has 0 saturated carbocycles. The summed E-state index contributed by atoms with van der Waals surface area (Å²) in [6.07, 6.45) is 0. The fourth-order valence-electron chi connectivity index (χ4n) is 1.67. The van der Waals surface area contributed by atoms with Crippen LogP contribution in [-0.2, 0) is 9.09 Å². The lowest BCUT2D eigenvalue weighted by atomic mass is 10.2. The summed E-state index contributed by atoms with van der Waals surface area (Å²) in [4.78, 5) is 0. The zero-order chi connectivity index (χ0) is 16.0. The summed E-state index contributed by atoms with van der Waals surface area (Å²) in [5.74, 6) is 1.02. The van der Waals surface area contributed by atoms with Crippen LogP contribution in [0.5, 0.6) is 11.5 Å². The lowest BCUT2D eigenvalue weighted by Gasteiger charge is -2.18. The standard InChI is InChI=1S/C16H18ClO4P/c1-13-3-7-15(8-4-13)20-22(18,19-12-11-17)21-16-9-5-14(2)6-10-16/h3-10H,11-12H2,1-2H3. The van der Waals surface area contributed by atoms with Crippen molar-refractivity contribution < 1.29 is 18.1 Å². The first-order valence-corrected chi connectivity index (χ1v) is 8.83. The Hall–Kier alpha value is -1.48. The van der Waals surface area contributed by atoms with E-state index in [1.165, 1.54) is 0 Å². The molecule has 0 spiro atoms. The van der Waals surface area contributed by atoms with Crippen LogP contribution in [0.4, 0.5) is 0 Å². The number of phosphoric acid groups is 1. The Bertz CT molecular complexity index is 589. The third-order valence-corrected chi connectivity index (χ3v) is 4.32. The maximum absolute atomic E-state index is 12.8. The normalized spacial score (nSPS) is 11.2. The quantitative estimate of drug-likeness (QED) is 0.518. The Morgan fingerprint density at radius 2 is 1.27 bits per heavy atom. The van der Waals surface area contributed by atoms with Gasteiger partial charge in [0.05, 0.1) is 6.61 Å². The zero-order valence-electron chi connectivity index (χ0n) is 12.5. The highest BCUT2D eigenvalue weighted by Crippen LogP contribution is 2.49. The van der Waals surface area contributed by atoms with E-state index in [0.717, 1.165) is 11.1 Å². The highest BCUT2D eigenvalue weighted by Gasteiger charge is 2.30. The topological polar surface area (TPSA) is 44.8 Å². The van der Waals surface area contributed by atoms with Gasteiger partial charge in [0.2, 0.25) is 0 Å². The second-order valence-corrected chi connectivity index (χ2v) is 6.67.